The monoisotopic (exact) mass is 259 g/mol. The largest absolute Gasteiger partial charge is 0.364 e. The van der Waals surface area contributed by atoms with Gasteiger partial charge in [0.25, 0.3) is 0 Å². The normalized spacial score (nSPS) is 13.1. The van der Waals surface area contributed by atoms with Crippen LogP contribution in [0.3, 0.4) is 0 Å². The Morgan fingerprint density at radius 1 is 1.71 bits per heavy atom. The van der Waals surface area contributed by atoms with E-state index in [1.807, 2.05) is 6.07 Å². The second-order valence-corrected chi connectivity index (χ2v) is 3.08. The third-order valence-electron chi connectivity index (χ3n) is 1.46. The number of hydrogen-bond acceptors (Lipinski definition) is 4. The van der Waals surface area contributed by atoms with Crippen molar-refractivity contribution in [2.24, 2.45) is 4.99 Å². The van der Waals surface area contributed by atoms with Gasteiger partial charge in [0.15, 0.2) is 0 Å². The predicted molar refractivity (Wildman–Crippen MR) is 56.8 cm³/mol. The average molecular weight is 260 g/mol. The first-order valence-corrected chi connectivity index (χ1v) is 5.06. The minimum absolute atomic E-state index is 0.164. The number of allylic oxidation sites excluding steroid dienone is 1. The van der Waals surface area contributed by atoms with E-state index in [0.29, 0.717) is 17.3 Å². The van der Waals surface area contributed by atoms with Gasteiger partial charge in [-0.2, -0.15) is 5.26 Å². The molecule has 0 saturated carbocycles. The maximum Gasteiger partial charge on any atom is 0.364 e. The van der Waals surface area contributed by atoms with Crippen LogP contribution < -0.4 is 0 Å². The number of halogens is 1. The summed E-state index contributed by atoms with van der Waals surface area (Å²) in [6, 6.07) is 1.81. The second kappa shape index (κ2) is 6.27. The predicted octanol–water partition coefficient (Wildman–Crippen LogP) is 2.26. The van der Waals surface area contributed by atoms with Crippen LogP contribution in [0.25, 0.3) is 0 Å². The summed E-state index contributed by atoms with van der Waals surface area (Å²) in [6.45, 7) is 3.32. The van der Waals surface area contributed by atoms with Gasteiger partial charge in [-0.25, -0.2) is 0 Å². The number of nitriles is 1. The van der Waals surface area contributed by atoms with Crippen molar-refractivity contribution in [2.75, 3.05) is 5.33 Å². The third-order valence-corrected chi connectivity index (χ3v) is 2.30. The van der Waals surface area contributed by atoms with E-state index in [9.17, 15) is 10.1 Å². The van der Waals surface area contributed by atoms with Gasteiger partial charge in [-0.05, 0) is 16.8 Å². The molecule has 0 spiro atoms. The van der Waals surface area contributed by atoms with Gasteiger partial charge in [-0.3, -0.25) is 0 Å². The van der Waals surface area contributed by atoms with E-state index in [-0.39, 0.29) is 11.5 Å². The molecule has 0 heterocycles. The van der Waals surface area contributed by atoms with Crippen LogP contribution >= 0.6 is 15.9 Å². The molecule has 0 aliphatic carbocycles. The van der Waals surface area contributed by atoms with Crippen molar-refractivity contribution in [3.8, 4) is 6.07 Å². The summed E-state index contributed by atoms with van der Waals surface area (Å²) in [6.07, 6.45) is 0.392. The molecule has 5 nitrogen and oxygen atoms in total. The molecule has 0 N–H and O–H groups in total. The van der Waals surface area contributed by atoms with Gasteiger partial charge in [-0.15, -0.1) is 0 Å². The van der Waals surface area contributed by atoms with Gasteiger partial charge in [0, 0.05) is 17.3 Å². The van der Waals surface area contributed by atoms with Crippen LogP contribution in [0.2, 0.25) is 0 Å². The fourth-order valence-electron chi connectivity index (χ4n) is 0.663. The highest BCUT2D eigenvalue weighted by Crippen LogP contribution is 2.10. The molecule has 76 valence electrons. The minimum atomic E-state index is -0.580. The molecule has 0 saturated heterocycles. The number of hydrogen-bond donors (Lipinski definition) is 0. The highest BCUT2D eigenvalue weighted by molar-refractivity contribution is 9.09. The molecule has 0 aliphatic heterocycles. The van der Waals surface area contributed by atoms with E-state index < -0.39 is 4.92 Å². The van der Waals surface area contributed by atoms with Crippen molar-refractivity contribution in [3.63, 3.8) is 0 Å². The lowest BCUT2D eigenvalue weighted by Gasteiger charge is -1.96. The topological polar surface area (TPSA) is 79.3 Å². The van der Waals surface area contributed by atoms with Gasteiger partial charge in [0.2, 0.25) is 5.71 Å². The SMILES string of the molecule is CC/C(C#N)=N\C(=C(/C)CBr)[N+](=O)[O-]. The molecule has 0 unspecified atom stereocenters. The van der Waals surface area contributed by atoms with Crippen LogP contribution in [0.4, 0.5) is 0 Å². The Kier molecular flexibility index (Phi) is 5.72. The Balaban J connectivity index is 5.18. The van der Waals surface area contributed by atoms with Crippen LogP contribution in [0, 0.1) is 21.4 Å². The van der Waals surface area contributed by atoms with Crippen LogP contribution in [0.15, 0.2) is 16.4 Å². The third kappa shape index (κ3) is 3.66. The zero-order valence-corrected chi connectivity index (χ0v) is 9.54. The van der Waals surface area contributed by atoms with E-state index in [4.69, 9.17) is 5.26 Å². The standard InChI is InChI=1S/C8H10BrN3O2/c1-3-7(5-10)11-8(12(13)14)6(2)4-9/h3-4H2,1-2H3/b8-6-,11-7+. The maximum absolute atomic E-state index is 10.6. The Morgan fingerprint density at radius 3 is 2.57 bits per heavy atom. The number of alkyl halides is 1. The zero-order valence-electron chi connectivity index (χ0n) is 7.95. The molecule has 0 aromatic rings. The van der Waals surface area contributed by atoms with E-state index in [1.165, 1.54) is 0 Å². The summed E-state index contributed by atoms with van der Waals surface area (Å²) in [4.78, 5) is 13.7. The summed E-state index contributed by atoms with van der Waals surface area (Å²) in [5.41, 5.74) is 0.660. The lowest BCUT2D eigenvalue weighted by molar-refractivity contribution is -0.427. The fraction of sp³-hybridized carbons (Fsp3) is 0.500. The van der Waals surface area contributed by atoms with Gasteiger partial charge < -0.3 is 10.1 Å². The van der Waals surface area contributed by atoms with Crippen molar-refractivity contribution < 1.29 is 4.92 Å². The molecular weight excluding hydrogens is 250 g/mol. The van der Waals surface area contributed by atoms with Crippen LogP contribution in [0.5, 0.6) is 0 Å². The van der Waals surface area contributed by atoms with Gasteiger partial charge >= 0.3 is 5.82 Å². The number of aliphatic imine (C=N–C) groups is 1. The molecule has 0 rings (SSSR count). The molecule has 0 bridgehead atoms. The molecule has 0 fully saturated rings. The van der Waals surface area contributed by atoms with Gasteiger partial charge in [0.1, 0.15) is 6.07 Å². The maximum atomic E-state index is 10.6. The summed E-state index contributed by atoms with van der Waals surface area (Å²) < 4.78 is 0. The molecular formula is C8H10BrN3O2. The van der Waals surface area contributed by atoms with Gasteiger partial charge in [-0.1, -0.05) is 22.9 Å². The molecule has 0 aliphatic rings. The minimum Gasteiger partial charge on any atom is -0.358 e. The van der Waals surface area contributed by atoms with Crippen LogP contribution in [0.1, 0.15) is 20.3 Å². The molecule has 14 heavy (non-hydrogen) atoms. The van der Waals surface area contributed by atoms with E-state index in [0.717, 1.165) is 0 Å². The fourth-order valence-corrected chi connectivity index (χ4v) is 0.914. The summed E-state index contributed by atoms with van der Waals surface area (Å²) in [5, 5.41) is 19.5. The van der Waals surface area contributed by atoms with Gasteiger partial charge in [0.05, 0.1) is 0 Å². The first kappa shape index (κ1) is 12.8. The zero-order chi connectivity index (χ0) is 11.1. The van der Waals surface area contributed by atoms with Crippen LogP contribution in [-0.2, 0) is 0 Å². The molecule has 0 aromatic heterocycles. The average Bonchev–Trinajstić information content (AvgIpc) is 2.18. The lowest BCUT2D eigenvalue weighted by atomic mass is 10.3. The van der Waals surface area contributed by atoms with E-state index >= 15 is 0 Å². The Morgan fingerprint density at radius 2 is 2.29 bits per heavy atom. The molecule has 0 atom stereocenters. The van der Waals surface area contributed by atoms with Crippen molar-refractivity contribution in [1.29, 1.82) is 5.26 Å². The Labute approximate surface area is 90.4 Å². The van der Waals surface area contributed by atoms with E-state index in [1.54, 1.807) is 13.8 Å². The number of rotatable bonds is 4. The summed E-state index contributed by atoms with van der Waals surface area (Å²) in [7, 11) is 0. The van der Waals surface area contributed by atoms with Crippen molar-refractivity contribution in [2.45, 2.75) is 20.3 Å². The number of nitrogens with zero attached hydrogens (tertiary/aromatic N) is 3. The summed E-state index contributed by atoms with van der Waals surface area (Å²) in [5.74, 6) is -0.250. The highest BCUT2D eigenvalue weighted by Gasteiger charge is 2.15. The quantitative estimate of drug-likeness (QED) is 0.336. The second-order valence-electron chi connectivity index (χ2n) is 2.52. The van der Waals surface area contributed by atoms with Crippen molar-refractivity contribution in [1.82, 2.24) is 0 Å². The van der Waals surface area contributed by atoms with Crippen molar-refractivity contribution >= 4 is 21.6 Å². The van der Waals surface area contributed by atoms with Crippen molar-refractivity contribution in [3.05, 3.63) is 21.5 Å². The molecule has 0 amide bonds. The first-order chi connectivity index (χ1) is 6.56. The number of nitro groups is 1. The Hall–Kier alpha value is -1.22. The molecule has 6 heteroatoms. The summed E-state index contributed by atoms with van der Waals surface area (Å²) >= 11 is 3.10. The first-order valence-electron chi connectivity index (χ1n) is 3.94. The van der Waals surface area contributed by atoms with E-state index in [2.05, 4.69) is 20.9 Å². The highest BCUT2D eigenvalue weighted by atomic mass is 79.9. The molecule has 0 aromatic carbocycles. The molecule has 0 radical (unpaired) electrons. The lowest BCUT2D eigenvalue weighted by Crippen LogP contribution is -2.04. The Bertz CT molecular complexity index is 328. The smallest absolute Gasteiger partial charge is 0.358 e. The van der Waals surface area contributed by atoms with Crippen LogP contribution in [-0.4, -0.2) is 16.0 Å².